The van der Waals surface area contributed by atoms with Crippen LogP contribution in [0, 0.1) is 0 Å². The van der Waals surface area contributed by atoms with Crippen molar-refractivity contribution in [2.75, 3.05) is 38.2 Å². The van der Waals surface area contributed by atoms with Crippen LogP contribution < -0.4 is 5.32 Å². The molecule has 1 unspecified atom stereocenters. The first-order valence-electron chi connectivity index (χ1n) is 13.4. The highest BCUT2D eigenvalue weighted by Crippen LogP contribution is 2.30. The van der Waals surface area contributed by atoms with Crippen LogP contribution in [0.25, 0.3) is 0 Å². The van der Waals surface area contributed by atoms with Gasteiger partial charge in [-0.05, 0) is 44.0 Å². The molecular weight excluding hydrogens is 520 g/mol. The number of thiol groups is 1. The van der Waals surface area contributed by atoms with Crippen LogP contribution >= 0.6 is 0 Å². The van der Waals surface area contributed by atoms with Gasteiger partial charge < -0.3 is 19.8 Å². The molecule has 0 spiro atoms. The van der Waals surface area contributed by atoms with Gasteiger partial charge in [0, 0.05) is 51.1 Å². The van der Waals surface area contributed by atoms with Crippen LogP contribution in [0.1, 0.15) is 44.4 Å². The Hall–Kier alpha value is -3.22. The van der Waals surface area contributed by atoms with E-state index >= 15 is 0 Å². The fourth-order valence-corrected chi connectivity index (χ4v) is 6.27. The molecule has 12 heteroatoms. The van der Waals surface area contributed by atoms with E-state index < -0.39 is 16.7 Å². The quantitative estimate of drug-likeness (QED) is 0.215. The van der Waals surface area contributed by atoms with E-state index in [1.807, 2.05) is 11.8 Å². The molecule has 1 saturated carbocycles. The van der Waals surface area contributed by atoms with Gasteiger partial charge in [-0.2, -0.15) is 0 Å². The summed E-state index contributed by atoms with van der Waals surface area (Å²) in [6.45, 7) is 7.49. The third-order valence-corrected chi connectivity index (χ3v) is 9.11. The Bertz CT molecular complexity index is 1230. The van der Waals surface area contributed by atoms with Crippen molar-refractivity contribution in [3.05, 3.63) is 47.9 Å². The lowest BCUT2D eigenvalue weighted by atomic mass is 10.1. The first-order valence-corrected chi connectivity index (χ1v) is 14.7. The normalized spacial score (nSPS) is 22.9. The van der Waals surface area contributed by atoms with Crippen LogP contribution in [0.4, 0.5) is 5.82 Å². The van der Waals surface area contributed by atoms with Crippen LogP contribution in [0.5, 0.6) is 0 Å². The van der Waals surface area contributed by atoms with Crippen molar-refractivity contribution >= 4 is 34.1 Å². The molecule has 0 bridgehead atoms. The Morgan fingerprint density at radius 3 is 2.56 bits per heavy atom. The van der Waals surface area contributed by atoms with Gasteiger partial charge in [-0.3, -0.25) is 19.5 Å². The van der Waals surface area contributed by atoms with Gasteiger partial charge in [-0.1, -0.05) is 5.16 Å². The van der Waals surface area contributed by atoms with E-state index in [2.05, 4.69) is 25.3 Å². The number of benzene rings is 1. The van der Waals surface area contributed by atoms with Crippen molar-refractivity contribution in [2.24, 2.45) is 5.16 Å². The number of nitrogens with zero attached hydrogens (tertiary/aromatic N) is 5. The SMILES string of the molecule is CC(=O)N1CCN(Cc2cnc(NC(=O)/C(=N/O[C@@H]3CCOC3)c3ccc([SH+](=O)C4CC4)cc3)cn2)C[C@@H]1C. The van der Waals surface area contributed by atoms with E-state index in [4.69, 9.17) is 9.57 Å². The second-order valence-corrected chi connectivity index (χ2v) is 12.2. The molecule has 1 aliphatic carbocycles. The molecule has 11 nitrogen and oxygen atoms in total. The van der Waals surface area contributed by atoms with E-state index in [0.29, 0.717) is 44.1 Å². The van der Waals surface area contributed by atoms with Gasteiger partial charge >= 0.3 is 0 Å². The van der Waals surface area contributed by atoms with Crippen molar-refractivity contribution in [1.82, 2.24) is 19.8 Å². The third kappa shape index (κ3) is 7.06. The number of piperazine rings is 1. The molecule has 2 saturated heterocycles. The highest BCUT2D eigenvalue weighted by Gasteiger charge is 2.35. The zero-order valence-corrected chi connectivity index (χ0v) is 23.2. The number of hydrogen-bond donors (Lipinski definition) is 1. The monoisotopic (exact) mass is 555 g/mol. The fourth-order valence-electron chi connectivity index (χ4n) is 4.78. The van der Waals surface area contributed by atoms with Gasteiger partial charge in [-0.15, -0.1) is 4.21 Å². The molecule has 3 fully saturated rings. The minimum Gasteiger partial charge on any atom is -0.389 e. The zero-order valence-electron chi connectivity index (χ0n) is 22.3. The predicted molar refractivity (Wildman–Crippen MR) is 147 cm³/mol. The van der Waals surface area contributed by atoms with Gasteiger partial charge in [0.2, 0.25) is 5.91 Å². The van der Waals surface area contributed by atoms with Gasteiger partial charge in [0.25, 0.3) is 5.91 Å². The molecule has 2 amide bonds. The zero-order chi connectivity index (χ0) is 27.4. The molecule has 1 N–H and O–H groups in total. The third-order valence-electron chi connectivity index (χ3n) is 7.12. The molecule has 3 atom stereocenters. The molecule has 2 aliphatic heterocycles. The van der Waals surface area contributed by atoms with Crippen molar-refractivity contribution in [3.63, 3.8) is 0 Å². The lowest BCUT2D eigenvalue weighted by Gasteiger charge is -2.39. The number of carbonyl (C=O) groups excluding carboxylic acids is 2. The second kappa shape index (κ2) is 12.3. The Balaban J connectivity index is 1.24. The number of ether oxygens (including phenoxy) is 1. The summed E-state index contributed by atoms with van der Waals surface area (Å²) < 4.78 is 17.9. The molecule has 39 heavy (non-hydrogen) atoms. The number of anilines is 1. The van der Waals surface area contributed by atoms with Gasteiger partial charge in [0.15, 0.2) is 22.5 Å². The van der Waals surface area contributed by atoms with E-state index in [1.165, 1.54) is 6.20 Å². The van der Waals surface area contributed by atoms with E-state index in [1.54, 1.807) is 37.4 Å². The first-order chi connectivity index (χ1) is 18.9. The number of rotatable bonds is 9. The molecule has 2 aromatic rings. The lowest BCUT2D eigenvalue weighted by molar-refractivity contribution is -0.133. The number of aromatic nitrogens is 2. The molecule has 0 radical (unpaired) electrons. The summed E-state index contributed by atoms with van der Waals surface area (Å²) in [5, 5.41) is 7.22. The molecule has 208 valence electrons. The second-order valence-electron chi connectivity index (χ2n) is 10.3. The van der Waals surface area contributed by atoms with Gasteiger partial charge in [0.05, 0.1) is 31.3 Å². The Morgan fingerprint density at radius 2 is 1.95 bits per heavy atom. The number of nitrogens with one attached hydrogen (secondary N) is 1. The summed E-state index contributed by atoms with van der Waals surface area (Å²) in [6.07, 6.45) is 5.65. The average molecular weight is 556 g/mol. The highest BCUT2D eigenvalue weighted by atomic mass is 32.2. The maximum absolute atomic E-state index is 13.3. The minimum atomic E-state index is -1.42. The standard InChI is InChI=1S/C27H34N6O5S/c1-18-15-32(10-11-33(18)19(2)34)16-21-13-29-25(14-28-21)30-27(35)26(31-38-22-9-12-37-17-22)20-3-5-23(6-4-20)39(36)24-7-8-24/h3-6,13-14,18,22,24H,7-12,15-17H2,1-2H3,(H,29,30,35)/p+1/b31-26+/t18-,22+,39?/m0/s1. The van der Waals surface area contributed by atoms with Crippen LogP contribution in [0.3, 0.4) is 0 Å². The fraction of sp³-hybridized carbons (Fsp3) is 0.519. The summed E-state index contributed by atoms with van der Waals surface area (Å²) in [4.78, 5) is 44.4. The van der Waals surface area contributed by atoms with Crippen LogP contribution in [-0.4, -0.2) is 87.5 Å². The molecule has 3 heterocycles. The maximum atomic E-state index is 13.3. The van der Waals surface area contributed by atoms with E-state index in [0.717, 1.165) is 36.5 Å². The molecule has 5 rings (SSSR count). The Morgan fingerprint density at radius 1 is 1.15 bits per heavy atom. The minimum absolute atomic E-state index is 0.0941. The number of carbonyl (C=O) groups is 2. The predicted octanol–water partition coefficient (Wildman–Crippen LogP) is 1.89. The van der Waals surface area contributed by atoms with Gasteiger partial charge in [0.1, 0.15) is 16.0 Å². The Kier molecular flexibility index (Phi) is 8.63. The van der Waals surface area contributed by atoms with Crippen molar-refractivity contribution in [2.45, 2.75) is 61.9 Å². The van der Waals surface area contributed by atoms with Crippen molar-refractivity contribution in [1.29, 1.82) is 0 Å². The largest absolute Gasteiger partial charge is 0.389 e. The van der Waals surface area contributed by atoms with Crippen LogP contribution in [0.15, 0.2) is 46.7 Å². The lowest BCUT2D eigenvalue weighted by Crippen LogP contribution is -2.53. The van der Waals surface area contributed by atoms with Crippen molar-refractivity contribution < 1.29 is 23.4 Å². The number of oxime groups is 1. The first kappa shape index (κ1) is 27.4. The van der Waals surface area contributed by atoms with Crippen molar-refractivity contribution in [3.8, 4) is 0 Å². The maximum Gasteiger partial charge on any atom is 0.279 e. The van der Waals surface area contributed by atoms with E-state index in [9.17, 15) is 13.8 Å². The van der Waals surface area contributed by atoms with Crippen LogP contribution in [0.2, 0.25) is 0 Å². The number of amides is 2. The topological polar surface area (TPSA) is 126 Å². The molecule has 3 aliphatic rings. The van der Waals surface area contributed by atoms with E-state index in [-0.39, 0.29) is 29.0 Å². The van der Waals surface area contributed by atoms with Crippen LogP contribution in [-0.2, 0) is 40.7 Å². The average Bonchev–Trinajstić information content (AvgIpc) is 3.65. The smallest absolute Gasteiger partial charge is 0.279 e. The Labute approximate surface area is 230 Å². The summed E-state index contributed by atoms with van der Waals surface area (Å²) in [5.74, 6) is -0.0927. The summed E-state index contributed by atoms with van der Waals surface area (Å²) in [5.41, 5.74) is 1.42. The molecule has 1 aromatic carbocycles. The number of hydrogen-bond acceptors (Lipinski definition) is 9. The summed E-state index contributed by atoms with van der Waals surface area (Å²) in [6, 6.07) is 7.22. The summed E-state index contributed by atoms with van der Waals surface area (Å²) >= 11 is 0. The highest BCUT2D eigenvalue weighted by molar-refractivity contribution is 7.86. The molecular formula is C27H35N6O5S+. The van der Waals surface area contributed by atoms with Gasteiger partial charge in [-0.25, -0.2) is 4.98 Å². The summed E-state index contributed by atoms with van der Waals surface area (Å²) in [7, 11) is -1.42. The molecule has 1 aromatic heterocycles.